The highest BCUT2D eigenvalue weighted by Gasteiger charge is 2.24. The third-order valence-electron chi connectivity index (χ3n) is 5.41. The molecule has 0 saturated carbocycles. The third kappa shape index (κ3) is 3.16. The Morgan fingerprint density at radius 3 is 2.64 bits per heavy atom. The molecule has 0 bridgehead atoms. The number of hydrogen-bond donors (Lipinski definition) is 0. The van der Waals surface area contributed by atoms with Crippen LogP contribution in [0.5, 0.6) is 5.75 Å². The van der Waals surface area contributed by atoms with Gasteiger partial charge in [-0.3, -0.25) is 9.69 Å². The van der Waals surface area contributed by atoms with Crippen LogP contribution in [-0.4, -0.2) is 53.1 Å². The highest BCUT2D eigenvalue weighted by atomic mass is 16.5. The van der Waals surface area contributed by atoms with Gasteiger partial charge in [0.05, 0.1) is 6.61 Å². The predicted molar refractivity (Wildman–Crippen MR) is 97.0 cm³/mol. The smallest absolute Gasteiger partial charge is 0.270 e. The summed E-state index contributed by atoms with van der Waals surface area (Å²) in [5.41, 5.74) is 4.56. The van der Waals surface area contributed by atoms with E-state index in [1.165, 1.54) is 11.1 Å². The number of aromatic nitrogens is 1. The van der Waals surface area contributed by atoms with Crippen molar-refractivity contribution in [2.75, 3.05) is 32.8 Å². The van der Waals surface area contributed by atoms with E-state index in [4.69, 9.17) is 4.74 Å². The Kier molecular flexibility index (Phi) is 4.25. The van der Waals surface area contributed by atoms with Crippen LogP contribution < -0.4 is 4.74 Å². The predicted octanol–water partition coefficient (Wildman–Crippen LogP) is 2.23. The molecule has 0 N–H and O–H groups in total. The highest BCUT2D eigenvalue weighted by molar-refractivity contribution is 5.93. The van der Waals surface area contributed by atoms with Crippen LogP contribution in [0.4, 0.5) is 0 Å². The number of amides is 1. The Morgan fingerprint density at radius 2 is 1.92 bits per heavy atom. The average Bonchev–Trinajstić information content (AvgIpc) is 3.22. The van der Waals surface area contributed by atoms with Gasteiger partial charge in [-0.2, -0.15) is 0 Å². The Bertz CT molecular complexity index is 788. The van der Waals surface area contributed by atoms with Gasteiger partial charge in [-0.15, -0.1) is 0 Å². The van der Waals surface area contributed by atoms with E-state index in [2.05, 4.69) is 23.1 Å². The Labute approximate surface area is 148 Å². The Hall–Kier alpha value is -2.27. The molecule has 132 valence electrons. The van der Waals surface area contributed by atoms with Crippen molar-refractivity contribution in [1.29, 1.82) is 0 Å². The molecule has 25 heavy (non-hydrogen) atoms. The van der Waals surface area contributed by atoms with E-state index in [0.29, 0.717) is 0 Å². The van der Waals surface area contributed by atoms with Crippen molar-refractivity contribution in [2.45, 2.75) is 19.9 Å². The van der Waals surface area contributed by atoms with Crippen LogP contribution >= 0.6 is 0 Å². The lowest BCUT2D eigenvalue weighted by molar-refractivity contribution is 0.0619. The van der Waals surface area contributed by atoms with Crippen molar-refractivity contribution in [3.63, 3.8) is 0 Å². The summed E-state index contributed by atoms with van der Waals surface area (Å²) in [4.78, 5) is 17.1. The first-order valence-electron chi connectivity index (χ1n) is 9.00. The SMILES string of the molecule is Cc1ccc(C(=O)N2CCN(Cc3ccc4c(c3)CCO4)CC2)n1C. The Balaban J connectivity index is 1.35. The summed E-state index contributed by atoms with van der Waals surface area (Å²) in [6.45, 7) is 7.19. The molecule has 1 saturated heterocycles. The third-order valence-corrected chi connectivity index (χ3v) is 5.41. The summed E-state index contributed by atoms with van der Waals surface area (Å²) in [5, 5.41) is 0. The minimum Gasteiger partial charge on any atom is -0.493 e. The second-order valence-electron chi connectivity index (χ2n) is 7.03. The molecule has 5 heteroatoms. The molecule has 1 fully saturated rings. The van der Waals surface area contributed by atoms with Gasteiger partial charge in [-0.05, 0) is 36.2 Å². The maximum Gasteiger partial charge on any atom is 0.270 e. The molecule has 0 atom stereocenters. The van der Waals surface area contributed by atoms with Crippen LogP contribution in [0.15, 0.2) is 30.3 Å². The van der Waals surface area contributed by atoms with Gasteiger partial charge in [0.2, 0.25) is 0 Å². The van der Waals surface area contributed by atoms with Gasteiger partial charge in [-0.1, -0.05) is 12.1 Å². The second-order valence-corrected chi connectivity index (χ2v) is 7.03. The minimum absolute atomic E-state index is 0.143. The van der Waals surface area contributed by atoms with E-state index < -0.39 is 0 Å². The molecule has 0 unspecified atom stereocenters. The highest BCUT2D eigenvalue weighted by Crippen LogP contribution is 2.26. The Morgan fingerprint density at radius 1 is 1.12 bits per heavy atom. The van der Waals surface area contributed by atoms with E-state index in [1.54, 1.807) is 0 Å². The fourth-order valence-electron chi connectivity index (χ4n) is 3.70. The first-order valence-corrected chi connectivity index (χ1v) is 9.00. The van der Waals surface area contributed by atoms with Crippen molar-refractivity contribution in [1.82, 2.24) is 14.4 Å². The van der Waals surface area contributed by atoms with Crippen LogP contribution in [0.1, 0.15) is 27.3 Å². The van der Waals surface area contributed by atoms with Gasteiger partial charge in [0.25, 0.3) is 5.91 Å². The van der Waals surface area contributed by atoms with Crippen LogP contribution in [0.25, 0.3) is 0 Å². The van der Waals surface area contributed by atoms with E-state index in [-0.39, 0.29) is 5.91 Å². The summed E-state index contributed by atoms with van der Waals surface area (Å²) in [6.07, 6.45) is 1.02. The molecule has 3 heterocycles. The first kappa shape index (κ1) is 16.2. The van der Waals surface area contributed by atoms with Crippen molar-refractivity contribution >= 4 is 5.91 Å². The molecule has 1 aromatic heterocycles. The maximum atomic E-state index is 12.7. The van der Waals surface area contributed by atoms with Crippen molar-refractivity contribution < 1.29 is 9.53 Å². The molecule has 0 spiro atoms. The number of hydrogen-bond acceptors (Lipinski definition) is 3. The van der Waals surface area contributed by atoms with Gasteiger partial charge in [-0.25, -0.2) is 0 Å². The van der Waals surface area contributed by atoms with E-state index in [1.807, 2.05) is 35.6 Å². The number of piperazine rings is 1. The molecule has 1 amide bonds. The molecule has 0 aliphatic carbocycles. The number of fused-ring (bicyclic) bond motifs is 1. The average molecular weight is 339 g/mol. The van der Waals surface area contributed by atoms with Crippen molar-refractivity contribution in [3.05, 3.63) is 52.8 Å². The summed E-state index contributed by atoms with van der Waals surface area (Å²) in [7, 11) is 1.95. The molecule has 0 radical (unpaired) electrons. The molecular formula is C20H25N3O2. The molecular weight excluding hydrogens is 314 g/mol. The number of aryl methyl sites for hydroxylation is 1. The quantitative estimate of drug-likeness (QED) is 0.861. The normalized spacial score (nSPS) is 17.4. The lowest BCUT2D eigenvalue weighted by atomic mass is 10.1. The van der Waals surface area contributed by atoms with Crippen LogP contribution in [-0.2, 0) is 20.0 Å². The first-order chi connectivity index (χ1) is 12.1. The van der Waals surface area contributed by atoms with Gasteiger partial charge in [0.1, 0.15) is 11.4 Å². The monoisotopic (exact) mass is 339 g/mol. The van der Waals surface area contributed by atoms with Crippen molar-refractivity contribution in [2.24, 2.45) is 7.05 Å². The molecule has 4 rings (SSSR count). The zero-order chi connectivity index (χ0) is 17.4. The largest absolute Gasteiger partial charge is 0.493 e. The van der Waals surface area contributed by atoms with Crippen LogP contribution in [0.2, 0.25) is 0 Å². The summed E-state index contributed by atoms with van der Waals surface area (Å²) < 4.78 is 7.55. The maximum absolute atomic E-state index is 12.7. The van der Waals surface area contributed by atoms with Crippen LogP contribution in [0, 0.1) is 6.92 Å². The molecule has 2 aliphatic heterocycles. The minimum atomic E-state index is 0.143. The molecule has 2 aliphatic rings. The zero-order valence-electron chi connectivity index (χ0n) is 15.0. The topological polar surface area (TPSA) is 37.7 Å². The van der Waals surface area contributed by atoms with Gasteiger partial charge in [0.15, 0.2) is 0 Å². The fraction of sp³-hybridized carbons (Fsp3) is 0.450. The number of benzene rings is 1. The second kappa shape index (κ2) is 6.56. The van der Waals surface area contributed by atoms with E-state index >= 15 is 0 Å². The summed E-state index contributed by atoms with van der Waals surface area (Å²) in [6, 6.07) is 10.5. The molecule has 2 aromatic rings. The zero-order valence-corrected chi connectivity index (χ0v) is 15.0. The summed E-state index contributed by atoms with van der Waals surface area (Å²) >= 11 is 0. The van der Waals surface area contributed by atoms with E-state index in [0.717, 1.165) is 62.9 Å². The number of nitrogens with zero attached hydrogens (tertiary/aromatic N) is 3. The van der Waals surface area contributed by atoms with Crippen molar-refractivity contribution in [3.8, 4) is 5.75 Å². The molecule has 5 nitrogen and oxygen atoms in total. The fourth-order valence-corrected chi connectivity index (χ4v) is 3.70. The number of carbonyl (C=O) groups is 1. The number of rotatable bonds is 3. The van der Waals surface area contributed by atoms with Crippen LogP contribution in [0.3, 0.4) is 0 Å². The summed E-state index contributed by atoms with van der Waals surface area (Å²) in [5.74, 6) is 1.18. The molecule has 1 aromatic carbocycles. The lowest BCUT2D eigenvalue weighted by Gasteiger charge is -2.34. The van der Waals surface area contributed by atoms with Gasteiger partial charge in [0, 0.05) is 51.9 Å². The van der Waals surface area contributed by atoms with Gasteiger partial charge < -0.3 is 14.2 Å². The standard InChI is InChI=1S/C20H25N3O2/c1-15-3-5-18(21(15)2)20(24)23-10-8-22(9-11-23)14-16-4-6-19-17(13-16)7-12-25-19/h3-6,13H,7-12,14H2,1-2H3. The number of ether oxygens (including phenoxy) is 1. The number of carbonyl (C=O) groups excluding carboxylic acids is 1. The van der Waals surface area contributed by atoms with E-state index in [9.17, 15) is 4.79 Å². The lowest BCUT2D eigenvalue weighted by Crippen LogP contribution is -2.48. The van der Waals surface area contributed by atoms with Gasteiger partial charge >= 0.3 is 0 Å².